The molecule has 4 rings (SSSR count). The van der Waals surface area contributed by atoms with Crippen LogP contribution in [0.2, 0.25) is 15.1 Å². The molecule has 2 aromatic heterocycles. The van der Waals surface area contributed by atoms with E-state index in [0.717, 1.165) is 33.1 Å². The summed E-state index contributed by atoms with van der Waals surface area (Å²) in [5, 5.41) is 14.6. The second-order valence-corrected chi connectivity index (χ2v) is 10.2. The summed E-state index contributed by atoms with van der Waals surface area (Å²) in [6, 6.07) is 16.7. The molecular weight excluding hydrogens is 523 g/mol. The lowest BCUT2D eigenvalue weighted by Crippen LogP contribution is -2.13. The second-order valence-electron chi connectivity index (χ2n) is 7.81. The number of benzene rings is 2. The molecule has 0 aliphatic rings. The van der Waals surface area contributed by atoms with Gasteiger partial charge in [-0.3, -0.25) is 10.1 Å². The number of nitrogens with one attached hydrogen (secondary N) is 1. The molecule has 0 aliphatic carbocycles. The van der Waals surface area contributed by atoms with Crippen molar-refractivity contribution in [1.82, 2.24) is 9.55 Å². The summed E-state index contributed by atoms with van der Waals surface area (Å²) in [5.74, 6) is -0.523. The fourth-order valence-electron chi connectivity index (χ4n) is 3.70. The largest absolute Gasteiger partial charge is 0.318 e. The fourth-order valence-corrected chi connectivity index (χ4v) is 5.04. The maximum atomic E-state index is 12.8. The average Bonchev–Trinajstić information content (AvgIpc) is 3.38. The maximum absolute atomic E-state index is 12.8. The fraction of sp³-hybridized carbons (Fsp3) is 0.115. The number of nitrogens with zero attached hydrogens (tertiary/aromatic N) is 3. The van der Waals surface area contributed by atoms with Gasteiger partial charge in [-0.25, -0.2) is 4.98 Å². The first kappa shape index (κ1) is 25.0. The summed E-state index contributed by atoms with van der Waals surface area (Å²) in [6.45, 7) is 3.91. The lowest BCUT2D eigenvalue weighted by Gasteiger charge is -2.09. The zero-order valence-electron chi connectivity index (χ0n) is 18.8. The van der Waals surface area contributed by atoms with Crippen LogP contribution in [0.1, 0.15) is 27.4 Å². The van der Waals surface area contributed by atoms with Crippen molar-refractivity contribution in [1.29, 1.82) is 5.26 Å². The summed E-state index contributed by atoms with van der Waals surface area (Å²) in [6.07, 6.45) is 3.79. The maximum Gasteiger partial charge on any atom is 0.268 e. The molecule has 0 bridgehead atoms. The second kappa shape index (κ2) is 10.7. The van der Waals surface area contributed by atoms with Gasteiger partial charge < -0.3 is 4.57 Å². The number of thiazole rings is 1. The molecule has 0 aliphatic heterocycles. The van der Waals surface area contributed by atoms with Crippen LogP contribution < -0.4 is 5.32 Å². The predicted molar refractivity (Wildman–Crippen MR) is 144 cm³/mol. The van der Waals surface area contributed by atoms with Gasteiger partial charge in [-0.15, -0.1) is 11.3 Å². The molecule has 176 valence electrons. The van der Waals surface area contributed by atoms with E-state index in [1.807, 2.05) is 54.8 Å². The first-order chi connectivity index (χ1) is 16.7. The van der Waals surface area contributed by atoms with Crippen molar-refractivity contribution in [2.45, 2.75) is 20.3 Å². The van der Waals surface area contributed by atoms with Crippen molar-refractivity contribution in [2.24, 2.45) is 0 Å². The van der Waals surface area contributed by atoms with Crippen molar-refractivity contribution in [3.63, 3.8) is 0 Å². The summed E-state index contributed by atoms with van der Waals surface area (Å²) in [4.78, 5) is 18.0. The third-order valence-corrected chi connectivity index (χ3v) is 7.14. The van der Waals surface area contributed by atoms with Crippen molar-refractivity contribution in [3.05, 3.63) is 103 Å². The van der Waals surface area contributed by atoms with E-state index in [4.69, 9.17) is 34.8 Å². The Hall–Kier alpha value is -3.08. The molecule has 2 aromatic carbocycles. The molecule has 9 heteroatoms. The Morgan fingerprint density at radius 3 is 2.54 bits per heavy atom. The SMILES string of the molecule is Cc1cc(/C=C(\C#N)C(=O)Nc2ncc(Cc3cc(Cl)ccc3Cl)s2)c(C)n1-c1ccc(Cl)cc1. The molecule has 0 saturated carbocycles. The van der Waals surface area contributed by atoms with E-state index in [1.54, 1.807) is 30.5 Å². The van der Waals surface area contributed by atoms with Gasteiger partial charge in [0.2, 0.25) is 0 Å². The van der Waals surface area contributed by atoms with Gasteiger partial charge in [-0.2, -0.15) is 5.26 Å². The number of aromatic nitrogens is 2. The summed E-state index contributed by atoms with van der Waals surface area (Å²) < 4.78 is 2.04. The van der Waals surface area contributed by atoms with Crippen LogP contribution in [0.4, 0.5) is 5.13 Å². The van der Waals surface area contributed by atoms with Crippen LogP contribution in [0.5, 0.6) is 0 Å². The molecule has 1 amide bonds. The highest BCUT2D eigenvalue weighted by Gasteiger charge is 2.16. The highest BCUT2D eigenvalue weighted by atomic mass is 35.5. The van der Waals surface area contributed by atoms with Crippen LogP contribution in [0.3, 0.4) is 0 Å². The van der Waals surface area contributed by atoms with E-state index < -0.39 is 5.91 Å². The number of hydrogen-bond acceptors (Lipinski definition) is 4. The van der Waals surface area contributed by atoms with Gasteiger partial charge in [0.1, 0.15) is 11.6 Å². The lowest BCUT2D eigenvalue weighted by atomic mass is 10.1. The number of amides is 1. The third-order valence-electron chi connectivity index (χ3n) is 5.37. The van der Waals surface area contributed by atoms with Gasteiger partial charge in [-0.05, 0) is 79.6 Å². The van der Waals surface area contributed by atoms with Crippen molar-refractivity contribution < 1.29 is 4.79 Å². The zero-order valence-corrected chi connectivity index (χ0v) is 21.9. The minimum atomic E-state index is -0.523. The number of halogens is 3. The van der Waals surface area contributed by atoms with Crippen molar-refractivity contribution in [3.8, 4) is 11.8 Å². The van der Waals surface area contributed by atoms with E-state index in [0.29, 0.717) is 26.6 Å². The minimum absolute atomic E-state index is 0.0176. The molecule has 0 spiro atoms. The Labute approximate surface area is 222 Å². The summed E-state index contributed by atoms with van der Waals surface area (Å²) in [5.41, 5.74) is 4.45. The van der Waals surface area contributed by atoms with E-state index in [-0.39, 0.29) is 5.57 Å². The van der Waals surface area contributed by atoms with Gasteiger partial charge in [0.15, 0.2) is 5.13 Å². The third kappa shape index (κ3) is 5.77. The number of carbonyl (C=O) groups is 1. The quantitative estimate of drug-likeness (QED) is 0.201. The molecule has 0 atom stereocenters. The predicted octanol–water partition coefficient (Wildman–Crippen LogP) is 7.65. The van der Waals surface area contributed by atoms with E-state index >= 15 is 0 Å². The van der Waals surface area contributed by atoms with Crippen molar-refractivity contribution in [2.75, 3.05) is 5.32 Å². The summed E-state index contributed by atoms with van der Waals surface area (Å²) >= 11 is 19.6. The van der Waals surface area contributed by atoms with Gasteiger partial charge >= 0.3 is 0 Å². The normalized spacial score (nSPS) is 11.4. The number of anilines is 1. The molecule has 4 aromatic rings. The average molecular weight is 542 g/mol. The Kier molecular flexibility index (Phi) is 7.63. The van der Waals surface area contributed by atoms with E-state index in [9.17, 15) is 10.1 Å². The van der Waals surface area contributed by atoms with Gasteiger partial charge in [0.25, 0.3) is 5.91 Å². The van der Waals surface area contributed by atoms with Crippen molar-refractivity contribution >= 4 is 63.3 Å². The number of rotatable bonds is 6. The molecule has 0 unspecified atom stereocenters. The van der Waals surface area contributed by atoms with Crippen LogP contribution in [-0.4, -0.2) is 15.5 Å². The zero-order chi connectivity index (χ0) is 25.1. The summed E-state index contributed by atoms with van der Waals surface area (Å²) in [7, 11) is 0. The topological polar surface area (TPSA) is 70.7 Å². The lowest BCUT2D eigenvalue weighted by molar-refractivity contribution is -0.112. The molecular formula is C26H19Cl3N4OS. The van der Waals surface area contributed by atoms with Crippen LogP contribution >= 0.6 is 46.1 Å². The van der Waals surface area contributed by atoms with Gasteiger partial charge in [0.05, 0.1) is 0 Å². The Bertz CT molecular complexity index is 1480. The molecule has 0 radical (unpaired) electrons. The Morgan fingerprint density at radius 1 is 1.11 bits per heavy atom. The highest BCUT2D eigenvalue weighted by Crippen LogP contribution is 2.28. The molecule has 2 heterocycles. The Morgan fingerprint density at radius 2 is 1.83 bits per heavy atom. The molecule has 0 saturated heterocycles. The van der Waals surface area contributed by atoms with Gasteiger partial charge in [-0.1, -0.05) is 34.8 Å². The first-order valence-corrected chi connectivity index (χ1v) is 12.5. The number of aryl methyl sites for hydroxylation is 1. The molecule has 5 nitrogen and oxygen atoms in total. The first-order valence-electron chi connectivity index (χ1n) is 10.5. The van der Waals surface area contributed by atoms with E-state index in [1.165, 1.54) is 11.3 Å². The smallest absolute Gasteiger partial charge is 0.268 e. The number of nitriles is 1. The van der Waals surface area contributed by atoms with Crippen LogP contribution in [0.15, 0.2) is 60.3 Å². The molecule has 1 N–H and O–H groups in total. The standard InChI is InChI=1S/C26H19Cl3N4OS/c1-15-9-17(16(2)33(15)22-6-3-20(27)4-7-22)10-19(13-30)25(34)32-26-31-14-23(35-26)12-18-11-21(28)5-8-24(18)29/h3-11,14H,12H2,1-2H3,(H,31,32,34)/b19-10+. The van der Waals surface area contributed by atoms with Gasteiger partial charge in [0, 0.05) is 49.6 Å². The Balaban J connectivity index is 1.52. The van der Waals surface area contributed by atoms with Crippen LogP contribution in [-0.2, 0) is 11.2 Å². The number of carbonyl (C=O) groups excluding carboxylic acids is 1. The van der Waals surface area contributed by atoms with E-state index in [2.05, 4.69) is 10.3 Å². The van der Waals surface area contributed by atoms with Crippen LogP contribution in [0, 0.1) is 25.2 Å². The van der Waals surface area contributed by atoms with Crippen LogP contribution in [0.25, 0.3) is 11.8 Å². The minimum Gasteiger partial charge on any atom is -0.318 e. The monoisotopic (exact) mass is 540 g/mol. The number of hydrogen-bond donors (Lipinski definition) is 1. The molecule has 0 fully saturated rings. The highest BCUT2D eigenvalue weighted by molar-refractivity contribution is 7.15. The molecule has 35 heavy (non-hydrogen) atoms.